The van der Waals surface area contributed by atoms with E-state index in [4.69, 9.17) is 23.3 Å². The minimum Gasteiger partial charge on any atom is -0.457 e. The Morgan fingerprint density at radius 2 is 1.41 bits per heavy atom. The van der Waals surface area contributed by atoms with E-state index in [1.165, 1.54) is 13.8 Å². The lowest BCUT2D eigenvalue weighted by molar-refractivity contribution is -0.167. The Bertz CT molecular complexity index is 1200. The molecule has 3 unspecified atom stereocenters. The van der Waals surface area contributed by atoms with Gasteiger partial charge >= 0.3 is 19.5 Å². The SMILES string of the molecule is CCC(=O)OC(C)OP(=O)(OC(C)OC(=O)CC)C(CCc1cccc(Oc2ccccc2)c1)CS(=O)(=O)O. The van der Waals surface area contributed by atoms with Crippen LogP contribution in [0.25, 0.3) is 0 Å². The summed E-state index contributed by atoms with van der Waals surface area (Å²) in [5, 5.41) is 0. The minimum atomic E-state index is -4.66. The van der Waals surface area contributed by atoms with E-state index in [2.05, 4.69) is 0 Å². The molecule has 0 aliphatic carbocycles. The van der Waals surface area contributed by atoms with Crippen LogP contribution >= 0.6 is 7.60 Å². The Morgan fingerprint density at radius 3 is 1.92 bits per heavy atom. The second-order valence-electron chi connectivity index (χ2n) is 8.58. The quantitative estimate of drug-likeness (QED) is 0.115. The maximum absolute atomic E-state index is 14.1. The Kier molecular flexibility index (Phi) is 12.6. The molecule has 2 aromatic rings. The fourth-order valence-electron chi connectivity index (χ4n) is 3.49. The van der Waals surface area contributed by atoms with Crippen LogP contribution in [0.1, 0.15) is 52.5 Å². The highest BCUT2D eigenvalue weighted by molar-refractivity contribution is 7.86. The number of aryl methyl sites for hydroxylation is 1. The van der Waals surface area contributed by atoms with Crippen molar-refractivity contribution in [2.24, 2.45) is 0 Å². The van der Waals surface area contributed by atoms with Gasteiger partial charge in [-0.25, -0.2) is 0 Å². The number of hydrogen-bond donors (Lipinski definition) is 1. The summed E-state index contributed by atoms with van der Waals surface area (Å²) < 4.78 is 74.4. The molecular weight excluding hydrogens is 551 g/mol. The second kappa shape index (κ2) is 15.1. The summed E-state index contributed by atoms with van der Waals surface area (Å²) in [6.45, 7) is 5.69. The zero-order valence-corrected chi connectivity index (χ0v) is 24.1. The summed E-state index contributed by atoms with van der Waals surface area (Å²) in [6.07, 6.45) is -2.64. The number of esters is 2. The van der Waals surface area contributed by atoms with Crippen molar-refractivity contribution in [1.29, 1.82) is 0 Å². The van der Waals surface area contributed by atoms with Gasteiger partial charge in [-0.2, -0.15) is 8.42 Å². The van der Waals surface area contributed by atoms with Gasteiger partial charge in [0.1, 0.15) is 11.5 Å². The summed E-state index contributed by atoms with van der Waals surface area (Å²) in [5.74, 6) is -1.13. The first-order valence-corrected chi connectivity index (χ1v) is 15.7. The Labute approximate surface area is 229 Å². The van der Waals surface area contributed by atoms with Gasteiger partial charge in [-0.3, -0.25) is 27.8 Å². The van der Waals surface area contributed by atoms with Gasteiger partial charge in [0.15, 0.2) is 0 Å². The predicted octanol–water partition coefficient (Wildman–Crippen LogP) is 5.49. The molecule has 0 amide bonds. The van der Waals surface area contributed by atoms with E-state index in [1.54, 1.807) is 50.2 Å². The molecule has 0 fully saturated rings. The lowest BCUT2D eigenvalue weighted by Crippen LogP contribution is -2.29. The molecule has 0 heterocycles. The monoisotopic (exact) mass is 586 g/mol. The first-order valence-electron chi connectivity index (χ1n) is 12.5. The van der Waals surface area contributed by atoms with Crippen LogP contribution in [0.2, 0.25) is 0 Å². The maximum Gasteiger partial charge on any atom is 0.341 e. The van der Waals surface area contributed by atoms with Gasteiger partial charge < -0.3 is 14.2 Å². The maximum atomic E-state index is 14.1. The number of hydrogen-bond acceptors (Lipinski definition) is 10. The summed E-state index contributed by atoms with van der Waals surface area (Å²) in [7, 11) is -9.16. The highest BCUT2D eigenvalue weighted by Gasteiger charge is 2.42. The third-order valence-electron chi connectivity index (χ3n) is 5.26. The fraction of sp³-hybridized carbons (Fsp3) is 0.462. The van der Waals surface area contributed by atoms with Gasteiger partial charge in [-0.05, 0) is 56.5 Å². The van der Waals surface area contributed by atoms with Gasteiger partial charge in [0, 0.05) is 12.8 Å². The minimum absolute atomic E-state index is 0.0131. The van der Waals surface area contributed by atoms with Crippen molar-refractivity contribution in [3.05, 3.63) is 60.2 Å². The summed E-state index contributed by atoms with van der Waals surface area (Å²) in [4.78, 5) is 23.5. The molecule has 216 valence electrons. The van der Waals surface area contributed by atoms with Gasteiger partial charge in [0.2, 0.25) is 12.6 Å². The zero-order valence-electron chi connectivity index (χ0n) is 22.3. The van der Waals surface area contributed by atoms with Crippen LogP contribution in [-0.2, 0) is 49.2 Å². The highest BCUT2D eigenvalue weighted by atomic mass is 32.2. The van der Waals surface area contributed by atoms with Crippen molar-refractivity contribution in [3.63, 3.8) is 0 Å². The molecule has 39 heavy (non-hydrogen) atoms. The Morgan fingerprint density at radius 1 is 0.872 bits per heavy atom. The molecule has 0 bridgehead atoms. The Balaban J connectivity index is 2.32. The number of ether oxygens (including phenoxy) is 3. The number of carbonyl (C=O) groups is 2. The number of benzene rings is 2. The molecule has 0 spiro atoms. The van der Waals surface area contributed by atoms with Crippen LogP contribution < -0.4 is 4.74 Å². The van der Waals surface area contributed by atoms with Gasteiger partial charge in [0.25, 0.3) is 10.1 Å². The average molecular weight is 587 g/mol. The van der Waals surface area contributed by atoms with Crippen molar-refractivity contribution >= 4 is 29.7 Å². The summed E-state index contributed by atoms with van der Waals surface area (Å²) in [6, 6.07) is 16.1. The first kappa shape index (κ1) is 32.5. The van der Waals surface area contributed by atoms with Gasteiger partial charge in [-0.15, -0.1) is 0 Å². The largest absolute Gasteiger partial charge is 0.457 e. The summed E-state index contributed by atoms with van der Waals surface area (Å²) >= 11 is 0. The molecule has 13 heteroatoms. The van der Waals surface area contributed by atoms with Crippen molar-refractivity contribution in [2.75, 3.05) is 5.75 Å². The third kappa shape index (κ3) is 11.9. The van der Waals surface area contributed by atoms with Crippen molar-refractivity contribution in [3.8, 4) is 11.5 Å². The lowest BCUT2D eigenvalue weighted by Gasteiger charge is -2.30. The Hall–Kier alpha value is -2.76. The van der Waals surface area contributed by atoms with Crippen LogP contribution in [0.3, 0.4) is 0 Å². The first-order chi connectivity index (χ1) is 18.3. The molecule has 0 saturated heterocycles. The van der Waals surface area contributed by atoms with Crippen LogP contribution in [0.15, 0.2) is 54.6 Å². The van der Waals surface area contributed by atoms with Crippen LogP contribution in [-0.4, -0.2) is 48.9 Å². The molecule has 1 N–H and O–H groups in total. The molecule has 0 aliphatic heterocycles. The van der Waals surface area contributed by atoms with E-state index >= 15 is 0 Å². The van der Waals surface area contributed by atoms with Gasteiger partial charge in [-0.1, -0.05) is 44.2 Å². The fourth-order valence-corrected chi connectivity index (χ4v) is 7.19. The molecule has 3 atom stereocenters. The van der Waals surface area contributed by atoms with E-state index in [0.717, 1.165) is 0 Å². The van der Waals surface area contributed by atoms with Gasteiger partial charge in [0.05, 0.1) is 11.4 Å². The molecule has 0 saturated carbocycles. The molecule has 11 nitrogen and oxygen atoms in total. The number of para-hydroxylation sites is 1. The molecule has 2 aromatic carbocycles. The molecule has 0 aromatic heterocycles. The molecule has 0 radical (unpaired) electrons. The normalized spacial score (nSPS) is 15.4. The van der Waals surface area contributed by atoms with E-state index < -0.39 is 53.6 Å². The van der Waals surface area contributed by atoms with Crippen molar-refractivity contribution < 1.29 is 50.4 Å². The van der Waals surface area contributed by atoms with E-state index in [0.29, 0.717) is 17.1 Å². The van der Waals surface area contributed by atoms with E-state index in [1.807, 2.05) is 18.2 Å². The standard InChI is InChI=1S/C26H35O11PS/c1-5-25(27)33-19(3)36-38(29,37-20(4)34-26(28)6-2)24(18-39(30,31)32)16-15-21-11-10-14-23(17-21)35-22-12-8-7-9-13-22/h7-14,17,19-20,24H,5-6,15-16,18H2,1-4H3,(H,30,31,32). The van der Waals surface area contributed by atoms with Crippen molar-refractivity contribution in [1.82, 2.24) is 0 Å². The number of carbonyl (C=O) groups excluding carboxylic acids is 2. The number of rotatable bonds is 16. The summed E-state index contributed by atoms with van der Waals surface area (Å²) in [5.41, 5.74) is -0.692. The zero-order chi connectivity index (χ0) is 29.1. The van der Waals surface area contributed by atoms with Crippen LogP contribution in [0, 0.1) is 0 Å². The van der Waals surface area contributed by atoms with Crippen molar-refractivity contribution in [2.45, 2.75) is 71.6 Å². The van der Waals surface area contributed by atoms with Crippen LogP contribution in [0.4, 0.5) is 0 Å². The third-order valence-corrected chi connectivity index (χ3v) is 8.84. The molecule has 2 rings (SSSR count). The van der Waals surface area contributed by atoms with E-state index in [-0.39, 0.29) is 25.7 Å². The lowest BCUT2D eigenvalue weighted by atomic mass is 10.1. The average Bonchev–Trinajstić information content (AvgIpc) is 2.86. The smallest absolute Gasteiger partial charge is 0.341 e. The van der Waals surface area contributed by atoms with Crippen LogP contribution in [0.5, 0.6) is 11.5 Å². The topological polar surface area (TPSA) is 152 Å². The predicted molar refractivity (Wildman–Crippen MR) is 143 cm³/mol. The molecule has 0 aliphatic rings. The molecular formula is C26H35O11PS. The van der Waals surface area contributed by atoms with E-state index in [9.17, 15) is 27.1 Å². The highest BCUT2D eigenvalue weighted by Crippen LogP contribution is 2.57. The second-order valence-corrected chi connectivity index (χ2v) is 12.3.